The predicted molar refractivity (Wildman–Crippen MR) is 46.1 cm³/mol. The summed E-state index contributed by atoms with van der Waals surface area (Å²) in [6, 6.07) is 0.667. The van der Waals surface area contributed by atoms with Crippen molar-refractivity contribution in [2.45, 2.75) is 6.18 Å². The van der Waals surface area contributed by atoms with Crippen molar-refractivity contribution in [3.8, 4) is 0 Å². The van der Waals surface area contributed by atoms with Crippen molar-refractivity contribution < 1.29 is 27.5 Å². The molecule has 0 unspecified atom stereocenters. The third-order valence-electron chi connectivity index (χ3n) is 1.58. The van der Waals surface area contributed by atoms with Gasteiger partial charge in [-0.25, -0.2) is 9.18 Å². The van der Waals surface area contributed by atoms with Crippen LogP contribution in [-0.2, 0) is 6.18 Å². The van der Waals surface area contributed by atoms with Crippen LogP contribution in [0.25, 0.3) is 0 Å². The molecular weight excluding hydrogens is 284 g/mol. The van der Waals surface area contributed by atoms with Gasteiger partial charge in [0.25, 0.3) is 0 Å². The summed E-state index contributed by atoms with van der Waals surface area (Å²) >= 11 is 2.57. The molecule has 1 aromatic rings. The lowest BCUT2D eigenvalue weighted by Gasteiger charge is -2.09. The fourth-order valence-electron chi connectivity index (χ4n) is 0.941. The van der Waals surface area contributed by atoms with Gasteiger partial charge in [-0.15, -0.1) is 0 Å². The average molecular weight is 287 g/mol. The minimum Gasteiger partial charge on any atom is -0.478 e. The largest absolute Gasteiger partial charge is 0.478 e. The van der Waals surface area contributed by atoms with E-state index in [-0.39, 0.29) is 6.07 Å². The Morgan fingerprint density at radius 3 is 2.20 bits per heavy atom. The van der Waals surface area contributed by atoms with Crippen LogP contribution in [0.2, 0.25) is 0 Å². The summed E-state index contributed by atoms with van der Waals surface area (Å²) in [5.74, 6) is -3.06. The van der Waals surface area contributed by atoms with E-state index >= 15 is 0 Å². The number of hydrogen-bond acceptors (Lipinski definition) is 1. The first kappa shape index (κ1) is 12.0. The van der Waals surface area contributed by atoms with Gasteiger partial charge < -0.3 is 5.11 Å². The highest BCUT2D eigenvalue weighted by Gasteiger charge is 2.33. The van der Waals surface area contributed by atoms with Crippen LogP contribution in [0.1, 0.15) is 15.9 Å². The second-order valence-corrected chi connectivity index (χ2v) is 3.47. The molecule has 0 spiro atoms. The third kappa shape index (κ3) is 2.47. The van der Waals surface area contributed by atoms with E-state index in [0.29, 0.717) is 6.07 Å². The van der Waals surface area contributed by atoms with Crippen molar-refractivity contribution in [1.82, 2.24) is 0 Å². The molecule has 0 aliphatic heterocycles. The first-order valence-electron chi connectivity index (χ1n) is 3.53. The van der Waals surface area contributed by atoms with E-state index < -0.39 is 33.6 Å². The maximum atomic E-state index is 13.0. The van der Waals surface area contributed by atoms with E-state index in [1.165, 1.54) is 0 Å². The predicted octanol–water partition coefficient (Wildman–Crippen LogP) is 3.31. The molecule has 0 bridgehead atoms. The second kappa shape index (κ2) is 3.80. The van der Waals surface area contributed by atoms with Crippen LogP contribution in [0.5, 0.6) is 0 Å². The van der Waals surface area contributed by atoms with Crippen molar-refractivity contribution in [2.75, 3.05) is 0 Å². The number of rotatable bonds is 1. The van der Waals surface area contributed by atoms with Gasteiger partial charge in [-0.1, -0.05) is 0 Å². The molecule has 0 atom stereocenters. The van der Waals surface area contributed by atoms with Crippen LogP contribution in [0.4, 0.5) is 17.6 Å². The zero-order valence-corrected chi connectivity index (χ0v) is 8.49. The normalized spacial score (nSPS) is 11.5. The highest BCUT2D eigenvalue weighted by Crippen LogP contribution is 2.33. The van der Waals surface area contributed by atoms with E-state index in [2.05, 4.69) is 15.9 Å². The Bertz CT molecular complexity index is 391. The molecule has 7 heteroatoms. The minimum atomic E-state index is -4.71. The molecule has 0 heterocycles. The van der Waals surface area contributed by atoms with Crippen LogP contribution in [-0.4, -0.2) is 11.1 Å². The van der Waals surface area contributed by atoms with E-state index in [1.807, 2.05) is 0 Å². The molecule has 82 valence electrons. The highest BCUT2D eigenvalue weighted by molar-refractivity contribution is 9.10. The standard InChI is InChI=1S/C8H3BrF4O2/c9-4-1-3(8(11,12)13)2-5(10)6(4)7(14)15/h1-2H,(H,14,15). The molecular formula is C8H3BrF4O2. The molecule has 0 amide bonds. The number of hydrogen-bond donors (Lipinski definition) is 1. The summed E-state index contributed by atoms with van der Waals surface area (Å²) in [4.78, 5) is 10.5. The van der Waals surface area contributed by atoms with Crippen LogP contribution < -0.4 is 0 Å². The van der Waals surface area contributed by atoms with Crippen LogP contribution in [0.3, 0.4) is 0 Å². The zero-order chi connectivity index (χ0) is 11.8. The maximum absolute atomic E-state index is 13.0. The minimum absolute atomic E-state index is 0.147. The van der Waals surface area contributed by atoms with Crippen LogP contribution in [0, 0.1) is 5.82 Å². The summed E-state index contributed by atoms with van der Waals surface area (Å²) in [7, 11) is 0. The van der Waals surface area contributed by atoms with Gasteiger partial charge in [0.2, 0.25) is 0 Å². The second-order valence-electron chi connectivity index (χ2n) is 2.62. The lowest BCUT2D eigenvalue weighted by atomic mass is 10.1. The molecule has 0 radical (unpaired) electrons. The zero-order valence-electron chi connectivity index (χ0n) is 6.90. The molecule has 1 rings (SSSR count). The topological polar surface area (TPSA) is 37.3 Å². The Morgan fingerprint density at radius 2 is 1.87 bits per heavy atom. The summed E-state index contributed by atoms with van der Waals surface area (Å²) in [5, 5.41) is 8.49. The SMILES string of the molecule is O=C(O)c1c(F)cc(C(F)(F)F)cc1Br. The van der Waals surface area contributed by atoms with Crippen LogP contribution >= 0.6 is 15.9 Å². The first-order chi connectivity index (χ1) is 6.73. The van der Waals surface area contributed by atoms with Gasteiger partial charge in [0.1, 0.15) is 11.4 Å². The average Bonchev–Trinajstić information content (AvgIpc) is 1.99. The Kier molecular flexibility index (Phi) is 3.03. The van der Waals surface area contributed by atoms with Crippen molar-refractivity contribution in [2.24, 2.45) is 0 Å². The molecule has 0 aromatic heterocycles. The van der Waals surface area contributed by atoms with Gasteiger partial charge in [0.15, 0.2) is 0 Å². The molecule has 0 aliphatic carbocycles. The summed E-state index contributed by atoms with van der Waals surface area (Å²) in [6.07, 6.45) is -4.71. The summed E-state index contributed by atoms with van der Waals surface area (Å²) in [6.45, 7) is 0. The number of alkyl halides is 3. The van der Waals surface area contributed by atoms with E-state index in [9.17, 15) is 22.4 Å². The van der Waals surface area contributed by atoms with Gasteiger partial charge >= 0.3 is 12.1 Å². The van der Waals surface area contributed by atoms with E-state index in [1.54, 1.807) is 0 Å². The Labute approximate surface area is 89.6 Å². The molecule has 0 saturated carbocycles. The maximum Gasteiger partial charge on any atom is 0.416 e. The van der Waals surface area contributed by atoms with Crippen molar-refractivity contribution >= 4 is 21.9 Å². The smallest absolute Gasteiger partial charge is 0.416 e. The van der Waals surface area contributed by atoms with E-state index in [4.69, 9.17) is 5.11 Å². The van der Waals surface area contributed by atoms with Crippen LogP contribution in [0.15, 0.2) is 16.6 Å². The molecule has 1 N–H and O–H groups in total. The molecule has 1 aromatic carbocycles. The Hall–Kier alpha value is -1.11. The van der Waals surface area contributed by atoms with Gasteiger partial charge in [0.05, 0.1) is 5.56 Å². The molecule has 15 heavy (non-hydrogen) atoms. The molecule has 0 aliphatic rings. The number of carboxylic acid groups (broad SMARTS) is 1. The Balaban J connectivity index is 3.39. The summed E-state index contributed by atoms with van der Waals surface area (Å²) < 4.78 is 49.0. The number of carboxylic acids is 1. The van der Waals surface area contributed by atoms with Gasteiger partial charge in [-0.05, 0) is 28.1 Å². The number of benzene rings is 1. The van der Waals surface area contributed by atoms with Gasteiger partial charge in [0, 0.05) is 4.47 Å². The molecule has 2 nitrogen and oxygen atoms in total. The van der Waals surface area contributed by atoms with E-state index in [0.717, 1.165) is 0 Å². The number of carbonyl (C=O) groups is 1. The molecule has 0 fully saturated rings. The van der Waals surface area contributed by atoms with Gasteiger partial charge in [-0.3, -0.25) is 0 Å². The first-order valence-corrected chi connectivity index (χ1v) is 4.32. The number of aromatic carboxylic acids is 1. The van der Waals surface area contributed by atoms with Crippen molar-refractivity contribution in [3.05, 3.63) is 33.5 Å². The Morgan fingerprint density at radius 1 is 1.33 bits per heavy atom. The quantitative estimate of drug-likeness (QED) is 0.805. The lowest BCUT2D eigenvalue weighted by molar-refractivity contribution is -0.137. The lowest BCUT2D eigenvalue weighted by Crippen LogP contribution is -2.09. The summed E-state index contributed by atoms with van der Waals surface area (Å²) in [5.41, 5.74) is -2.06. The number of halogens is 5. The fourth-order valence-corrected chi connectivity index (χ4v) is 1.55. The van der Waals surface area contributed by atoms with Crippen molar-refractivity contribution in [3.63, 3.8) is 0 Å². The van der Waals surface area contributed by atoms with Gasteiger partial charge in [-0.2, -0.15) is 13.2 Å². The molecule has 0 saturated heterocycles. The third-order valence-corrected chi connectivity index (χ3v) is 2.21. The van der Waals surface area contributed by atoms with Crippen molar-refractivity contribution in [1.29, 1.82) is 0 Å². The fraction of sp³-hybridized carbons (Fsp3) is 0.125. The highest BCUT2D eigenvalue weighted by atomic mass is 79.9. The monoisotopic (exact) mass is 286 g/mol.